The van der Waals surface area contributed by atoms with Crippen LogP contribution in [-0.4, -0.2) is 11.1 Å². The predicted molar refractivity (Wildman–Crippen MR) is 54.7 cm³/mol. The van der Waals surface area contributed by atoms with E-state index in [4.69, 9.17) is 5.11 Å². The molecule has 0 aliphatic heterocycles. The third kappa shape index (κ3) is 2.24. The lowest BCUT2D eigenvalue weighted by atomic mass is 10.1. The van der Waals surface area contributed by atoms with Crippen LogP contribution < -0.4 is 0 Å². The standard InChI is InChI=1S/C12H11FO2/c13-11-4-2-1-3-9(11)7-10(12(14)15)8-5-6-8/h1-4,7-8H,5-6H2,(H,14,15)/b10-7-. The van der Waals surface area contributed by atoms with Crippen LogP contribution in [0.2, 0.25) is 0 Å². The Labute approximate surface area is 87.0 Å². The summed E-state index contributed by atoms with van der Waals surface area (Å²) in [6.07, 6.45) is 3.23. The van der Waals surface area contributed by atoms with E-state index in [-0.39, 0.29) is 11.7 Å². The molecule has 1 aliphatic rings. The molecule has 1 fully saturated rings. The van der Waals surface area contributed by atoms with Crippen molar-refractivity contribution in [1.82, 2.24) is 0 Å². The number of rotatable bonds is 3. The molecule has 1 aromatic carbocycles. The van der Waals surface area contributed by atoms with Crippen LogP contribution in [0.3, 0.4) is 0 Å². The second-order valence-electron chi connectivity index (χ2n) is 3.70. The fraction of sp³-hybridized carbons (Fsp3) is 0.250. The van der Waals surface area contributed by atoms with E-state index in [1.54, 1.807) is 18.2 Å². The fourth-order valence-electron chi connectivity index (χ4n) is 1.51. The molecule has 0 amide bonds. The summed E-state index contributed by atoms with van der Waals surface area (Å²) in [4.78, 5) is 10.9. The Hall–Kier alpha value is -1.64. The zero-order chi connectivity index (χ0) is 10.8. The van der Waals surface area contributed by atoms with Crippen molar-refractivity contribution in [3.8, 4) is 0 Å². The highest BCUT2D eigenvalue weighted by Gasteiger charge is 2.30. The summed E-state index contributed by atoms with van der Waals surface area (Å²) >= 11 is 0. The van der Waals surface area contributed by atoms with E-state index in [9.17, 15) is 9.18 Å². The van der Waals surface area contributed by atoms with Crippen molar-refractivity contribution < 1.29 is 14.3 Å². The maximum Gasteiger partial charge on any atom is 0.331 e. The largest absolute Gasteiger partial charge is 0.478 e. The zero-order valence-corrected chi connectivity index (χ0v) is 8.11. The Morgan fingerprint density at radius 2 is 2.07 bits per heavy atom. The van der Waals surface area contributed by atoms with Crippen molar-refractivity contribution in [1.29, 1.82) is 0 Å². The van der Waals surface area contributed by atoms with Crippen LogP contribution in [0.15, 0.2) is 29.8 Å². The van der Waals surface area contributed by atoms with Gasteiger partial charge in [-0.3, -0.25) is 0 Å². The number of aliphatic carboxylic acids is 1. The molecule has 2 nitrogen and oxygen atoms in total. The lowest BCUT2D eigenvalue weighted by molar-refractivity contribution is -0.132. The smallest absolute Gasteiger partial charge is 0.331 e. The molecule has 1 aliphatic carbocycles. The van der Waals surface area contributed by atoms with Gasteiger partial charge >= 0.3 is 5.97 Å². The van der Waals surface area contributed by atoms with Crippen LogP contribution in [0, 0.1) is 11.7 Å². The van der Waals surface area contributed by atoms with Gasteiger partial charge in [0.1, 0.15) is 5.82 Å². The lowest BCUT2D eigenvalue weighted by Gasteiger charge is -2.00. The summed E-state index contributed by atoms with van der Waals surface area (Å²) in [5.74, 6) is -1.21. The molecule has 78 valence electrons. The molecule has 3 heteroatoms. The number of carboxylic acid groups (broad SMARTS) is 1. The Morgan fingerprint density at radius 1 is 1.40 bits per heavy atom. The first-order valence-corrected chi connectivity index (χ1v) is 4.88. The van der Waals surface area contributed by atoms with Gasteiger partial charge in [0.25, 0.3) is 0 Å². The van der Waals surface area contributed by atoms with E-state index in [0.29, 0.717) is 11.1 Å². The molecule has 2 rings (SSSR count). The van der Waals surface area contributed by atoms with Crippen molar-refractivity contribution in [3.63, 3.8) is 0 Å². The molecule has 0 heterocycles. The van der Waals surface area contributed by atoms with E-state index in [1.807, 2.05) is 0 Å². The SMILES string of the molecule is O=C(O)/C(=C\c1ccccc1F)C1CC1. The summed E-state index contributed by atoms with van der Waals surface area (Å²) in [7, 11) is 0. The predicted octanol–water partition coefficient (Wildman–Crippen LogP) is 2.70. The van der Waals surface area contributed by atoms with Gasteiger partial charge in [0, 0.05) is 11.1 Å². The van der Waals surface area contributed by atoms with Crippen LogP contribution in [0.1, 0.15) is 18.4 Å². The summed E-state index contributed by atoms with van der Waals surface area (Å²) in [6, 6.07) is 6.20. The van der Waals surface area contributed by atoms with Gasteiger partial charge in [-0.1, -0.05) is 18.2 Å². The number of benzene rings is 1. The van der Waals surface area contributed by atoms with Gasteiger partial charge in [0.05, 0.1) is 0 Å². The van der Waals surface area contributed by atoms with Gasteiger partial charge in [-0.05, 0) is 30.9 Å². The van der Waals surface area contributed by atoms with Crippen molar-refractivity contribution in [3.05, 3.63) is 41.2 Å². The third-order valence-corrected chi connectivity index (χ3v) is 2.48. The van der Waals surface area contributed by atoms with Crippen LogP contribution >= 0.6 is 0 Å². The summed E-state index contributed by atoms with van der Waals surface area (Å²) < 4.78 is 13.3. The van der Waals surface area contributed by atoms with Crippen molar-refractivity contribution in [2.24, 2.45) is 5.92 Å². The van der Waals surface area contributed by atoms with Crippen LogP contribution in [0.5, 0.6) is 0 Å². The first-order valence-electron chi connectivity index (χ1n) is 4.88. The van der Waals surface area contributed by atoms with Gasteiger partial charge in [-0.15, -0.1) is 0 Å². The molecular formula is C12H11FO2. The first kappa shape index (κ1) is 9.90. The third-order valence-electron chi connectivity index (χ3n) is 2.48. The summed E-state index contributed by atoms with van der Waals surface area (Å²) in [5.41, 5.74) is 0.668. The molecule has 0 radical (unpaired) electrons. The van der Waals surface area contributed by atoms with Crippen LogP contribution in [0.4, 0.5) is 4.39 Å². The Kier molecular flexibility index (Phi) is 2.54. The molecule has 0 aromatic heterocycles. The summed E-state index contributed by atoms with van der Waals surface area (Å²) in [5, 5.41) is 8.95. The van der Waals surface area contributed by atoms with E-state index < -0.39 is 5.97 Å². The number of hydrogen-bond donors (Lipinski definition) is 1. The maximum atomic E-state index is 13.3. The number of hydrogen-bond acceptors (Lipinski definition) is 1. The molecule has 0 unspecified atom stereocenters. The highest BCUT2D eigenvalue weighted by molar-refractivity contribution is 5.93. The molecular weight excluding hydrogens is 195 g/mol. The van der Waals surface area contributed by atoms with E-state index >= 15 is 0 Å². The quantitative estimate of drug-likeness (QED) is 0.772. The summed E-state index contributed by atoms with van der Waals surface area (Å²) in [6.45, 7) is 0. The second-order valence-corrected chi connectivity index (χ2v) is 3.70. The van der Waals surface area contributed by atoms with E-state index in [2.05, 4.69) is 0 Å². The highest BCUT2D eigenvalue weighted by Crippen LogP contribution is 2.37. The average molecular weight is 206 g/mol. The minimum Gasteiger partial charge on any atom is -0.478 e. The second kappa shape index (κ2) is 3.85. The van der Waals surface area contributed by atoms with Crippen molar-refractivity contribution in [2.75, 3.05) is 0 Å². The van der Waals surface area contributed by atoms with Crippen LogP contribution in [-0.2, 0) is 4.79 Å². The Balaban J connectivity index is 2.34. The monoisotopic (exact) mass is 206 g/mol. The average Bonchev–Trinajstić information content (AvgIpc) is 2.99. The Bertz CT molecular complexity index is 419. The molecule has 1 saturated carbocycles. The topological polar surface area (TPSA) is 37.3 Å². The van der Waals surface area contributed by atoms with Crippen LogP contribution in [0.25, 0.3) is 6.08 Å². The molecule has 0 saturated heterocycles. The Morgan fingerprint density at radius 3 is 2.60 bits per heavy atom. The molecule has 15 heavy (non-hydrogen) atoms. The first-order chi connectivity index (χ1) is 7.18. The number of carbonyl (C=O) groups is 1. The van der Waals surface area contributed by atoms with E-state index in [0.717, 1.165) is 12.8 Å². The molecule has 0 spiro atoms. The maximum absolute atomic E-state index is 13.3. The number of halogens is 1. The van der Waals surface area contributed by atoms with Gasteiger partial charge in [-0.2, -0.15) is 0 Å². The lowest BCUT2D eigenvalue weighted by Crippen LogP contribution is -2.02. The van der Waals surface area contributed by atoms with Gasteiger partial charge in [-0.25, -0.2) is 9.18 Å². The van der Waals surface area contributed by atoms with Crippen molar-refractivity contribution in [2.45, 2.75) is 12.8 Å². The molecule has 0 bridgehead atoms. The molecule has 0 atom stereocenters. The van der Waals surface area contributed by atoms with E-state index in [1.165, 1.54) is 12.1 Å². The highest BCUT2D eigenvalue weighted by atomic mass is 19.1. The minimum atomic E-state index is -0.944. The van der Waals surface area contributed by atoms with Gasteiger partial charge in [0.15, 0.2) is 0 Å². The fourth-order valence-corrected chi connectivity index (χ4v) is 1.51. The minimum absolute atomic E-state index is 0.113. The van der Waals surface area contributed by atoms with Gasteiger partial charge in [0.2, 0.25) is 0 Å². The molecule has 1 aromatic rings. The van der Waals surface area contributed by atoms with Gasteiger partial charge < -0.3 is 5.11 Å². The normalized spacial score (nSPS) is 16.5. The van der Waals surface area contributed by atoms with Crippen molar-refractivity contribution >= 4 is 12.0 Å². The molecule has 1 N–H and O–H groups in total. The zero-order valence-electron chi connectivity index (χ0n) is 8.11. The number of carboxylic acids is 1.